The van der Waals surface area contributed by atoms with Gasteiger partial charge in [-0.05, 0) is 17.7 Å². The fourth-order valence-corrected chi connectivity index (χ4v) is 3.54. The number of halogens is 1. The summed E-state index contributed by atoms with van der Waals surface area (Å²) in [5.41, 5.74) is 1.18. The van der Waals surface area contributed by atoms with Gasteiger partial charge in [0, 0.05) is 50.7 Å². The summed E-state index contributed by atoms with van der Waals surface area (Å²) >= 11 is 0. The number of carbonyl (C=O) groups excluding carboxylic acids is 1. The number of non-ortho nitro benzene ring substituents is 1. The van der Waals surface area contributed by atoms with E-state index in [0.717, 1.165) is 5.56 Å². The summed E-state index contributed by atoms with van der Waals surface area (Å²) in [5.74, 6) is 0.289. The summed E-state index contributed by atoms with van der Waals surface area (Å²) in [4.78, 5) is 31.1. The molecule has 0 N–H and O–H groups in total. The van der Waals surface area contributed by atoms with E-state index in [1.54, 1.807) is 52.2 Å². The van der Waals surface area contributed by atoms with Crippen molar-refractivity contribution >= 4 is 17.5 Å². The molecule has 2 heterocycles. The lowest BCUT2D eigenvalue weighted by Crippen LogP contribution is -2.49. The smallest absolute Gasteiger partial charge is 0.269 e. The van der Waals surface area contributed by atoms with Crippen LogP contribution in [0.2, 0.25) is 0 Å². The Morgan fingerprint density at radius 1 is 1.07 bits per heavy atom. The molecule has 0 atom stereocenters. The van der Waals surface area contributed by atoms with Crippen molar-refractivity contribution in [2.45, 2.75) is 6.42 Å². The van der Waals surface area contributed by atoms with E-state index in [0.29, 0.717) is 37.8 Å². The molecule has 0 aliphatic carbocycles. The number of benzene rings is 2. The maximum atomic E-state index is 14.2. The molecule has 0 spiro atoms. The van der Waals surface area contributed by atoms with Gasteiger partial charge in [0.2, 0.25) is 11.9 Å². The minimum atomic E-state index is -0.462. The van der Waals surface area contributed by atoms with Gasteiger partial charge in [-0.1, -0.05) is 24.3 Å². The first-order valence-corrected chi connectivity index (χ1v) is 9.57. The fourth-order valence-electron chi connectivity index (χ4n) is 3.54. The van der Waals surface area contributed by atoms with Crippen molar-refractivity contribution in [1.29, 1.82) is 0 Å². The van der Waals surface area contributed by atoms with Gasteiger partial charge in [-0.25, -0.2) is 9.37 Å². The highest BCUT2D eigenvalue weighted by molar-refractivity contribution is 5.79. The molecule has 0 radical (unpaired) electrons. The van der Waals surface area contributed by atoms with Crippen molar-refractivity contribution in [3.05, 3.63) is 82.4 Å². The molecule has 1 fully saturated rings. The van der Waals surface area contributed by atoms with Gasteiger partial charge in [0.15, 0.2) is 0 Å². The third kappa shape index (κ3) is 4.00. The molecule has 0 saturated carbocycles. The van der Waals surface area contributed by atoms with E-state index in [9.17, 15) is 19.3 Å². The lowest BCUT2D eigenvalue weighted by atomic mass is 10.1. The number of nitrogens with zero attached hydrogens (tertiary/aromatic N) is 5. The number of hydrogen-bond acceptors (Lipinski definition) is 5. The molecule has 1 saturated heterocycles. The van der Waals surface area contributed by atoms with Gasteiger partial charge in [-0.15, -0.1) is 0 Å². The van der Waals surface area contributed by atoms with Crippen LogP contribution in [-0.4, -0.2) is 51.5 Å². The second kappa shape index (κ2) is 8.32. The number of hydrogen-bond donors (Lipinski definition) is 0. The van der Waals surface area contributed by atoms with Crippen LogP contribution in [0.4, 0.5) is 16.0 Å². The second-order valence-corrected chi connectivity index (χ2v) is 7.02. The number of rotatable bonds is 5. The molecule has 1 aliphatic rings. The van der Waals surface area contributed by atoms with Crippen LogP contribution < -0.4 is 4.90 Å². The largest absolute Gasteiger partial charge is 0.339 e. The van der Waals surface area contributed by atoms with Gasteiger partial charge in [-0.2, -0.15) is 0 Å². The lowest BCUT2D eigenvalue weighted by Gasteiger charge is -2.35. The third-order valence-electron chi connectivity index (χ3n) is 5.15. The quantitative estimate of drug-likeness (QED) is 0.478. The first-order valence-electron chi connectivity index (χ1n) is 9.57. The van der Waals surface area contributed by atoms with Gasteiger partial charge in [0.25, 0.3) is 5.69 Å². The van der Waals surface area contributed by atoms with Crippen LogP contribution in [0.15, 0.2) is 60.9 Å². The Bertz CT molecular complexity index is 1060. The van der Waals surface area contributed by atoms with E-state index >= 15 is 0 Å². The average molecular weight is 409 g/mol. The van der Waals surface area contributed by atoms with Crippen molar-refractivity contribution in [3.8, 4) is 5.69 Å². The maximum Gasteiger partial charge on any atom is 0.269 e. The molecular formula is C21H20FN5O3. The molecule has 0 bridgehead atoms. The van der Waals surface area contributed by atoms with E-state index < -0.39 is 4.92 Å². The van der Waals surface area contributed by atoms with Gasteiger partial charge >= 0.3 is 0 Å². The summed E-state index contributed by atoms with van der Waals surface area (Å²) in [7, 11) is 0. The molecule has 4 rings (SSSR count). The summed E-state index contributed by atoms with van der Waals surface area (Å²) in [6.45, 7) is 2.21. The zero-order valence-electron chi connectivity index (χ0n) is 16.1. The Balaban J connectivity index is 1.39. The molecule has 2 aromatic carbocycles. The second-order valence-electron chi connectivity index (χ2n) is 7.02. The Kier molecular flexibility index (Phi) is 5.42. The highest BCUT2D eigenvalue weighted by Crippen LogP contribution is 2.22. The topological polar surface area (TPSA) is 84.5 Å². The summed E-state index contributed by atoms with van der Waals surface area (Å²) in [6, 6.07) is 12.6. The molecule has 3 aromatic rings. The van der Waals surface area contributed by atoms with Crippen molar-refractivity contribution in [2.75, 3.05) is 31.1 Å². The standard InChI is InChI=1S/C21H20FN5O3/c22-18-3-1-2-4-19(18)26-10-9-23-21(26)25-13-11-24(12-14-25)20(28)15-16-5-7-17(8-6-16)27(29)30/h1-10H,11-15H2. The average Bonchev–Trinajstić information content (AvgIpc) is 3.24. The highest BCUT2D eigenvalue weighted by atomic mass is 19.1. The van der Waals surface area contributed by atoms with E-state index in [1.165, 1.54) is 18.2 Å². The maximum absolute atomic E-state index is 14.2. The van der Waals surface area contributed by atoms with Gasteiger partial charge in [0.05, 0.1) is 17.0 Å². The number of amides is 1. The van der Waals surface area contributed by atoms with E-state index in [-0.39, 0.29) is 23.8 Å². The minimum absolute atomic E-state index is 0.00479. The number of carbonyl (C=O) groups is 1. The molecule has 8 nitrogen and oxygen atoms in total. The normalized spacial score (nSPS) is 14.0. The fraction of sp³-hybridized carbons (Fsp3) is 0.238. The van der Waals surface area contributed by atoms with Crippen LogP contribution >= 0.6 is 0 Å². The van der Waals surface area contributed by atoms with Crippen molar-refractivity contribution < 1.29 is 14.1 Å². The summed E-state index contributed by atoms with van der Waals surface area (Å²) < 4.78 is 15.9. The van der Waals surface area contributed by atoms with Crippen LogP contribution in [0, 0.1) is 15.9 Å². The predicted octanol–water partition coefficient (Wildman–Crippen LogP) is 2.81. The predicted molar refractivity (Wildman–Crippen MR) is 109 cm³/mol. The Morgan fingerprint density at radius 3 is 2.43 bits per heavy atom. The highest BCUT2D eigenvalue weighted by Gasteiger charge is 2.24. The van der Waals surface area contributed by atoms with Gasteiger partial charge in [0.1, 0.15) is 5.82 Å². The number of nitro groups is 1. The minimum Gasteiger partial charge on any atom is -0.339 e. The monoisotopic (exact) mass is 409 g/mol. The van der Waals surface area contributed by atoms with Crippen molar-refractivity contribution in [1.82, 2.24) is 14.5 Å². The molecule has 0 unspecified atom stereocenters. The number of anilines is 1. The Labute approximate surface area is 172 Å². The number of piperazine rings is 1. The molecule has 30 heavy (non-hydrogen) atoms. The Hall–Kier alpha value is -3.75. The van der Waals surface area contributed by atoms with E-state index in [4.69, 9.17) is 0 Å². The van der Waals surface area contributed by atoms with Crippen LogP contribution in [0.25, 0.3) is 5.69 Å². The first-order chi connectivity index (χ1) is 14.5. The molecule has 154 valence electrons. The number of aromatic nitrogens is 2. The molecule has 1 aliphatic heterocycles. The summed E-state index contributed by atoms with van der Waals surface area (Å²) in [6.07, 6.45) is 3.55. The summed E-state index contributed by atoms with van der Waals surface area (Å²) in [5, 5.41) is 10.7. The lowest BCUT2D eigenvalue weighted by molar-refractivity contribution is -0.384. The van der Waals surface area contributed by atoms with Crippen molar-refractivity contribution in [3.63, 3.8) is 0 Å². The third-order valence-corrected chi connectivity index (χ3v) is 5.15. The van der Waals surface area contributed by atoms with Crippen LogP contribution in [0.5, 0.6) is 0 Å². The molecule has 1 aromatic heterocycles. The van der Waals surface area contributed by atoms with Crippen LogP contribution in [0.1, 0.15) is 5.56 Å². The SMILES string of the molecule is O=C(Cc1ccc([N+](=O)[O-])cc1)N1CCN(c2nccn2-c2ccccc2F)CC1. The zero-order valence-corrected chi connectivity index (χ0v) is 16.1. The number of imidazole rings is 1. The molecular weight excluding hydrogens is 389 g/mol. The Morgan fingerprint density at radius 2 is 1.77 bits per heavy atom. The molecule has 9 heteroatoms. The van der Waals surface area contributed by atoms with Gasteiger partial charge in [-0.3, -0.25) is 19.5 Å². The van der Waals surface area contributed by atoms with E-state index in [2.05, 4.69) is 4.98 Å². The van der Waals surface area contributed by atoms with Gasteiger partial charge < -0.3 is 9.80 Å². The van der Waals surface area contributed by atoms with E-state index in [1.807, 2.05) is 4.90 Å². The van der Waals surface area contributed by atoms with Crippen molar-refractivity contribution in [2.24, 2.45) is 0 Å². The first kappa shape index (κ1) is 19.6. The zero-order chi connectivity index (χ0) is 21.1. The van der Waals surface area contributed by atoms with Crippen LogP contribution in [0.3, 0.4) is 0 Å². The molecule has 1 amide bonds. The number of nitro benzene ring substituents is 1. The van der Waals surface area contributed by atoms with Crippen LogP contribution in [-0.2, 0) is 11.2 Å². The number of para-hydroxylation sites is 1.